The molecule has 15 heterocycles. The summed E-state index contributed by atoms with van der Waals surface area (Å²) < 4.78 is 265. The lowest BCUT2D eigenvalue weighted by atomic mass is 10.0. The zero-order valence-electron chi connectivity index (χ0n) is 77.4. The van der Waals surface area contributed by atoms with Crippen LogP contribution in [0.25, 0.3) is 33.1 Å². The van der Waals surface area contributed by atoms with Gasteiger partial charge in [-0.1, -0.05) is 78.9 Å². The molecule has 0 aliphatic carbocycles. The SMILES string of the molecule is CC(F)(F)c1ccc(C2COCCN2c2ncnc(NCC3CCN(S(C)(=O)=O)C3)c2F)cc1.CS(=O)(=O)c1ccc(Cn2ccc3c(N4CCOCC4c4ccc(OC(F)(F)F)cc4)ncnc32)cn1.CS(=O)(=O)c1ccc(Cn2ccc3c(N4CCOCC4c4ccc(OC(F)(F)F)cc4)ncnc32)nc1.NC(=O)Cc1ccc(Cn2ccc3c(N4CCOCC4c4ccc(C(F)(F)F)cn4)ncnc32)cc1. The average molecular weight is 2060 g/mol. The van der Waals surface area contributed by atoms with Gasteiger partial charge in [-0.2, -0.15) is 17.6 Å². The molecule has 760 valence electrons. The van der Waals surface area contributed by atoms with Crippen LogP contribution in [-0.2, 0) is 91.6 Å². The van der Waals surface area contributed by atoms with Crippen LogP contribution in [0, 0.1) is 11.7 Å². The first kappa shape index (κ1) is 103. The summed E-state index contributed by atoms with van der Waals surface area (Å²) in [6, 6.07) is 38.2. The van der Waals surface area contributed by atoms with Crippen molar-refractivity contribution in [1.82, 2.24) is 72.8 Å². The smallest absolute Gasteiger partial charge is 0.406 e. The molecule has 5 aliphatic heterocycles. The Morgan fingerprint density at radius 3 is 1.30 bits per heavy atom. The summed E-state index contributed by atoms with van der Waals surface area (Å²) in [7, 11) is -9.97. The van der Waals surface area contributed by atoms with Crippen molar-refractivity contribution in [1.29, 1.82) is 0 Å². The summed E-state index contributed by atoms with van der Waals surface area (Å²) in [5, 5.41) is 5.42. The summed E-state index contributed by atoms with van der Waals surface area (Å²) >= 11 is 0. The van der Waals surface area contributed by atoms with E-state index in [1.165, 1.54) is 103 Å². The van der Waals surface area contributed by atoms with Crippen molar-refractivity contribution < 1.29 is 111 Å². The summed E-state index contributed by atoms with van der Waals surface area (Å²) in [5.74, 6) is -2.33. The van der Waals surface area contributed by atoms with Gasteiger partial charge in [-0.25, -0.2) is 83.2 Å². The second-order valence-electron chi connectivity index (χ2n) is 34.5. The number of primary amides is 1. The van der Waals surface area contributed by atoms with Gasteiger partial charge in [0, 0.05) is 115 Å². The molecule has 0 radical (unpaired) electrons. The van der Waals surface area contributed by atoms with Crippen molar-refractivity contribution in [2.45, 2.75) is 98.3 Å². The number of sulfonamides is 1. The molecule has 0 spiro atoms. The first-order valence-electron chi connectivity index (χ1n) is 44.9. The molecule has 5 atom stereocenters. The van der Waals surface area contributed by atoms with Gasteiger partial charge in [0.25, 0.3) is 5.92 Å². The van der Waals surface area contributed by atoms with Crippen molar-refractivity contribution in [3.8, 4) is 11.5 Å². The third kappa shape index (κ3) is 25.5. The zero-order chi connectivity index (χ0) is 102. The van der Waals surface area contributed by atoms with E-state index in [9.17, 15) is 78.3 Å². The fourth-order valence-corrected chi connectivity index (χ4v) is 19.3. The average Bonchev–Trinajstić information content (AvgIpc) is 1.59. The van der Waals surface area contributed by atoms with E-state index in [1.807, 2.05) is 79.7 Å². The normalized spacial score (nSPS) is 18.0. The highest BCUT2D eigenvalue weighted by molar-refractivity contribution is 7.91. The van der Waals surface area contributed by atoms with E-state index in [1.54, 1.807) is 53.4 Å². The molecule has 4 aromatic carbocycles. The monoisotopic (exact) mass is 2060 g/mol. The third-order valence-corrected chi connectivity index (χ3v) is 27.7. The second kappa shape index (κ2) is 43.4. The zero-order valence-corrected chi connectivity index (χ0v) is 79.8. The van der Waals surface area contributed by atoms with Crippen LogP contribution in [0.3, 0.4) is 0 Å². The molecule has 5 fully saturated rings. The molecule has 1 amide bonds. The highest BCUT2D eigenvalue weighted by Crippen LogP contribution is 2.42. The van der Waals surface area contributed by atoms with Crippen LogP contribution in [0.4, 0.5) is 81.8 Å². The highest BCUT2D eigenvalue weighted by Gasteiger charge is 2.39. The van der Waals surface area contributed by atoms with E-state index < -0.39 is 71.9 Å². The predicted octanol–water partition coefficient (Wildman–Crippen LogP) is 14.0. The number of pyridine rings is 3. The Kier molecular flexibility index (Phi) is 31.0. The Morgan fingerprint density at radius 1 is 0.444 bits per heavy atom. The van der Waals surface area contributed by atoms with Crippen molar-refractivity contribution in [3.05, 3.63) is 276 Å². The first-order chi connectivity index (χ1) is 68.5. The first-order valence-corrected chi connectivity index (χ1v) is 50.5. The maximum absolute atomic E-state index is 15.4. The van der Waals surface area contributed by atoms with Gasteiger partial charge < -0.3 is 72.8 Å². The number of halogens is 12. The van der Waals surface area contributed by atoms with Crippen LogP contribution in [-0.4, -0.2) is 234 Å². The van der Waals surface area contributed by atoms with Crippen molar-refractivity contribution in [2.75, 3.05) is 142 Å². The number of hydrogen-bond acceptors (Lipinski definition) is 29. The number of morpholine rings is 4. The molecule has 10 aromatic heterocycles. The molecule has 3 N–H and O–H groups in total. The number of ether oxygens (including phenoxy) is 6. The molecule has 49 heteroatoms. The minimum absolute atomic E-state index is 0.00888. The van der Waals surface area contributed by atoms with E-state index in [0.717, 1.165) is 81.3 Å². The van der Waals surface area contributed by atoms with E-state index in [-0.39, 0.29) is 88.2 Å². The summed E-state index contributed by atoms with van der Waals surface area (Å²) in [6.45, 7) is 8.30. The molecule has 5 saturated heterocycles. The number of carbonyl (C=O) groups is 1. The quantitative estimate of drug-likeness (QED) is 0.0502. The van der Waals surface area contributed by atoms with Gasteiger partial charge in [-0.3, -0.25) is 14.8 Å². The van der Waals surface area contributed by atoms with Crippen LogP contribution in [0.2, 0.25) is 0 Å². The number of nitrogens with two attached hydrogens (primary N) is 1. The molecule has 19 rings (SSSR count). The summed E-state index contributed by atoms with van der Waals surface area (Å²) in [6.07, 6.45) is 5.35. The standard InChI is InChI=1S/C25H23F3N6O2.2C24H22F3N5O4S.C22H28F3N5O3S/c26-25(27,28)18-5-6-20(30-12-18)21-14-36-10-9-34(21)24-19-7-8-33(23(19)31-15-32-24)13-17-3-1-16(2-4-17)11-22(29)35;1-37(33,34)21-7-2-16(12-28-21)13-31-9-8-19-22(31)29-15-30-23(19)32-10-11-35-14-20(32)17-3-5-18(6-4-17)36-24(25,26)27;1-37(33,34)19-7-4-17(28-12-19)13-31-9-8-20-22(31)29-15-30-23(20)32-10-11-35-14-21(32)16-2-5-18(6-3-16)36-24(25,26)27;1-22(24,25)17-5-3-16(4-6-17)18-13-33-10-9-30(18)21-19(23)20(27-14-28-21)26-11-15-7-8-29(12-15)34(2,31)32/h1-8,12,15,21H,9-11,13-14H2,(H2,29,35);2-9,12,15,20H,10-11,13-14H2,1H3;2-9,12,15,21H,10-11,13-14H2,1H3;3-6,14-15,18H,7-13H2,1-2H3,(H,26,27,28). The molecule has 0 bridgehead atoms. The van der Waals surface area contributed by atoms with Gasteiger partial charge >= 0.3 is 18.9 Å². The molecule has 34 nitrogen and oxygen atoms in total. The molecule has 5 unspecified atom stereocenters. The largest absolute Gasteiger partial charge is 0.573 e. The Morgan fingerprint density at radius 2 is 0.882 bits per heavy atom. The number of rotatable bonds is 25. The highest BCUT2D eigenvalue weighted by atomic mass is 32.2. The number of alkyl halides is 11. The summed E-state index contributed by atoms with van der Waals surface area (Å²) in [5.41, 5.74) is 12.5. The van der Waals surface area contributed by atoms with Crippen LogP contribution >= 0.6 is 0 Å². The minimum atomic E-state index is -4.76. The molecular formula is C95H95F12N21O13S3. The number of carbonyl (C=O) groups excluding carboxylic acids is 1. The van der Waals surface area contributed by atoms with Gasteiger partial charge in [0.1, 0.15) is 71.2 Å². The molecule has 5 aliphatic rings. The lowest BCUT2D eigenvalue weighted by molar-refractivity contribution is -0.275. The predicted molar refractivity (Wildman–Crippen MR) is 504 cm³/mol. The van der Waals surface area contributed by atoms with Gasteiger partial charge in [0.2, 0.25) is 21.7 Å². The number of nitrogens with zero attached hydrogens (tertiary/aromatic N) is 19. The topological polar surface area (TPSA) is 386 Å². The fourth-order valence-electron chi connectivity index (χ4n) is 17.3. The van der Waals surface area contributed by atoms with E-state index >= 15 is 4.39 Å². The van der Waals surface area contributed by atoms with E-state index in [0.29, 0.717) is 157 Å². The molecule has 144 heavy (non-hydrogen) atoms. The van der Waals surface area contributed by atoms with E-state index in [2.05, 4.69) is 79.4 Å². The second-order valence-corrected chi connectivity index (χ2v) is 40.5. The Balaban J connectivity index is 0.000000138. The number of nitrogens with one attached hydrogen (secondary N) is 1. The Bertz CT molecular complexity index is 6960. The van der Waals surface area contributed by atoms with Crippen LogP contribution in [0.15, 0.2) is 224 Å². The number of aromatic nitrogens is 14. The van der Waals surface area contributed by atoms with E-state index in [4.69, 9.17) is 24.7 Å². The molecular weight excluding hydrogens is 1970 g/mol. The van der Waals surface area contributed by atoms with Gasteiger partial charge in [-0.15, -0.1) is 26.3 Å². The number of sulfone groups is 2. The maximum Gasteiger partial charge on any atom is 0.573 e. The maximum atomic E-state index is 15.4. The number of hydrogen-bond donors (Lipinski definition) is 2. The van der Waals surface area contributed by atoms with Crippen LogP contribution < -0.4 is 40.1 Å². The summed E-state index contributed by atoms with van der Waals surface area (Å²) in [4.78, 5) is 66.7. The minimum Gasteiger partial charge on any atom is -0.406 e. The van der Waals surface area contributed by atoms with Gasteiger partial charge in [0.15, 0.2) is 36.3 Å². The number of fused-ring (bicyclic) bond motifs is 3. The molecule has 0 saturated carbocycles. The number of anilines is 5. The third-order valence-electron chi connectivity index (χ3n) is 24.4. The molecule has 14 aromatic rings. The lowest BCUT2D eigenvalue weighted by Crippen LogP contribution is -2.40. The number of benzene rings is 4. The van der Waals surface area contributed by atoms with Gasteiger partial charge in [-0.05, 0) is 119 Å². The lowest BCUT2D eigenvalue weighted by Gasteiger charge is -2.37. The van der Waals surface area contributed by atoms with Crippen LogP contribution in [0.1, 0.15) is 93.4 Å². The van der Waals surface area contributed by atoms with Gasteiger partial charge in [0.05, 0.1) is 141 Å². The number of amides is 1. The Labute approximate surface area is 817 Å². The van der Waals surface area contributed by atoms with Crippen molar-refractivity contribution >= 4 is 97.8 Å². The fraction of sp³-hybridized carbons (Fsp3) is 0.347. The Hall–Kier alpha value is -13.9. The van der Waals surface area contributed by atoms with Crippen LogP contribution in [0.5, 0.6) is 11.5 Å². The van der Waals surface area contributed by atoms with Crippen molar-refractivity contribution in [3.63, 3.8) is 0 Å². The van der Waals surface area contributed by atoms with Crippen molar-refractivity contribution in [2.24, 2.45) is 11.7 Å².